The SMILES string of the molecule is CCOCCN1C(=O)N(CC2CNN(C)C2)C(=O)C2CC(S(=O)(=O)NC3(CF)CC3)CCC21. The first kappa shape index (κ1) is 24.8. The minimum absolute atomic E-state index is 0.109. The van der Waals surface area contributed by atoms with Crippen LogP contribution in [0.25, 0.3) is 0 Å². The lowest BCUT2D eigenvalue weighted by Crippen LogP contribution is -2.65. The number of halogens is 1. The van der Waals surface area contributed by atoms with Crippen LogP contribution in [0.3, 0.4) is 0 Å². The fraction of sp³-hybridized carbons (Fsp3) is 0.905. The minimum atomic E-state index is -3.77. The summed E-state index contributed by atoms with van der Waals surface area (Å²) in [4.78, 5) is 29.8. The van der Waals surface area contributed by atoms with Gasteiger partial charge in [-0.05, 0) is 39.0 Å². The quantitative estimate of drug-likeness (QED) is 0.425. The number of hydrazine groups is 1. The number of carbonyl (C=O) groups excluding carboxylic acids is 2. The van der Waals surface area contributed by atoms with E-state index in [9.17, 15) is 22.4 Å². The van der Waals surface area contributed by atoms with Gasteiger partial charge in [0.25, 0.3) is 0 Å². The molecular formula is C21H36FN5O5S. The van der Waals surface area contributed by atoms with E-state index in [4.69, 9.17) is 4.74 Å². The summed E-state index contributed by atoms with van der Waals surface area (Å²) in [7, 11) is -1.85. The van der Waals surface area contributed by atoms with Gasteiger partial charge >= 0.3 is 6.03 Å². The molecule has 4 rings (SSSR count). The van der Waals surface area contributed by atoms with E-state index in [0.29, 0.717) is 58.5 Å². The molecule has 2 N–H and O–H groups in total. The molecule has 4 atom stereocenters. The summed E-state index contributed by atoms with van der Waals surface area (Å²) in [6.45, 7) is 4.10. The Balaban J connectivity index is 1.52. The van der Waals surface area contributed by atoms with Crippen LogP contribution in [0.1, 0.15) is 39.0 Å². The molecule has 33 heavy (non-hydrogen) atoms. The molecule has 0 aromatic heterocycles. The number of imide groups is 1. The Morgan fingerprint density at radius 3 is 2.64 bits per heavy atom. The molecule has 4 unspecified atom stereocenters. The minimum Gasteiger partial charge on any atom is -0.380 e. The van der Waals surface area contributed by atoms with Crippen LogP contribution in [0.2, 0.25) is 0 Å². The molecular weight excluding hydrogens is 453 g/mol. The van der Waals surface area contributed by atoms with E-state index < -0.39 is 33.4 Å². The van der Waals surface area contributed by atoms with Gasteiger partial charge in [-0.15, -0.1) is 0 Å². The number of ether oxygens (including phenoxy) is 1. The zero-order valence-corrected chi connectivity index (χ0v) is 20.3. The van der Waals surface area contributed by atoms with Crippen LogP contribution < -0.4 is 10.1 Å². The van der Waals surface area contributed by atoms with Gasteiger partial charge in [-0.3, -0.25) is 15.1 Å². The van der Waals surface area contributed by atoms with Crippen LogP contribution >= 0.6 is 0 Å². The third-order valence-electron chi connectivity index (χ3n) is 7.44. The Morgan fingerprint density at radius 1 is 1.27 bits per heavy atom. The normalized spacial score (nSPS) is 32.3. The van der Waals surface area contributed by atoms with Crippen LogP contribution in [-0.4, -0.2) is 105 Å². The van der Waals surface area contributed by atoms with Crippen molar-refractivity contribution in [1.29, 1.82) is 0 Å². The molecule has 2 aliphatic heterocycles. The summed E-state index contributed by atoms with van der Waals surface area (Å²) in [5.41, 5.74) is 2.23. The summed E-state index contributed by atoms with van der Waals surface area (Å²) in [5.74, 6) is -0.775. The van der Waals surface area contributed by atoms with Crippen molar-refractivity contribution in [2.24, 2.45) is 11.8 Å². The van der Waals surface area contributed by atoms with E-state index in [1.54, 1.807) is 4.90 Å². The van der Waals surface area contributed by atoms with E-state index in [1.807, 2.05) is 19.0 Å². The van der Waals surface area contributed by atoms with Crippen LogP contribution in [0.5, 0.6) is 0 Å². The van der Waals surface area contributed by atoms with Crippen molar-refractivity contribution in [3.8, 4) is 0 Å². The van der Waals surface area contributed by atoms with Crippen LogP contribution in [0, 0.1) is 11.8 Å². The van der Waals surface area contributed by atoms with Crippen LogP contribution in [0.15, 0.2) is 0 Å². The second kappa shape index (κ2) is 9.73. The molecule has 2 aliphatic carbocycles. The summed E-state index contributed by atoms with van der Waals surface area (Å²) >= 11 is 0. The molecule has 0 bridgehead atoms. The van der Waals surface area contributed by atoms with Gasteiger partial charge in [0.05, 0.1) is 23.3 Å². The first-order valence-corrected chi connectivity index (χ1v) is 13.5. The zero-order valence-electron chi connectivity index (χ0n) is 19.5. The first-order chi connectivity index (χ1) is 15.7. The summed E-state index contributed by atoms with van der Waals surface area (Å²) in [5, 5.41) is 1.17. The second-order valence-electron chi connectivity index (χ2n) is 9.90. The van der Waals surface area contributed by atoms with Gasteiger partial charge < -0.3 is 9.64 Å². The highest BCUT2D eigenvalue weighted by Gasteiger charge is 2.53. The van der Waals surface area contributed by atoms with Gasteiger partial charge in [0.2, 0.25) is 15.9 Å². The molecule has 4 aliphatic rings. The van der Waals surface area contributed by atoms with E-state index in [0.717, 1.165) is 6.54 Å². The van der Waals surface area contributed by atoms with E-state index in [1.165, 1.54) is 4.90 Å². The number of nitrogens with zero attached hydrogens (tertiary/aromatic N) is 3. The van der Waals surface area contributed by atoms with E-state index in [2.05, 4.69) is 10.1 Å². The summed E-state index contributed by atoms with van der Waals surface area (Å²) in [6, 6.07) is -0.655. The smallest absolute Gasteiger partial charge is 0.327 e. The number of carbonyl (C=O) groups is 2. The number of sulfonamides is 1. The Bertz CT molecular complexity index is 854. The van der Waals surface area contributed by atoms with Crippen molar-refractivity contribution in [1.82, 2.24) is 25.0 Å². The fourth-order valence-corrected chi connectivity index (χ4v) is 7.28. The number of fused-ring (bicyclic) bond motifs is 1. The van der Waals surface area contributed by atoms with Gasteiger partial charge in [-0.25, -0.2) is 27.3 Å². The standard InChI is InChI=1S/C21H36FN5O5S/c1-3-32-9-8-26-18-5-4-16(33(30,31)24-21(14-22)6-7-21)10-17(18)19(28)27(20(26)29)13-15-11-23-25(2)12-15/h15-18,23-24H,3-14H2,1-2H3. The molecule has 0 aromatic rings. The number of urea groups is 1. The van der Waals surface area contributed by atoms with Crippen molar-refractivity contribution in [3.05, 3.63) is 0 Å². The Hall–Kier alpha value is -1.34. The van der Waals surface area contributed by atoms with Gasteiger partial charge in [-0.1, -0.05) is 0 Å². The Kier molecular flexibility index (Phi) is 7.30. The first-order valence-electron chi connectivity index (χ1n) is 11.9. The largest absolute Gasteiger partial charge is 0.380 e. The predicted molar refractivity (Wildman–Crippen MR) is 119 cm³/mol. The highest BCUT2D eigenvalue weighted by molar-refractivity contribution is 7.90. The molecule has 4 fully saturated rings. The van der Waals surface area contributed by atoms with Gasteiger partial charge in [-0.2, -0.15) is 0 Å². The number of hydrogen-bond acceptors (Lipinski definition) is 7. The molecule has 2 saturated carbocycles. The summed E-state index contributed by atoms with van der Waals surface area (Å²) < 4.78 is 47.4. The molecule has 2 heterocycles. The summed E-state index contributed by atoms with van der Waals surface area (Å²) in [6.07, 6.45) is 1.89. The number of amides is 3. The Morgan fingerprint density at radius 2 is 2.03 bits per heavy atom. The lowest BCUT2D eigenvalue weighted by atomic mass is 9.80. The number of alkyl halides is 1. The zero-order chi connectivity index (χ0) is 23.8. The number of nitrogens with one attached hydrogen (secondary N) is 2. The third kappa shape index (κ3) is 5.19. The van der Waals surface area contributed by atoms with Crippen molar-refractivity contribution in [2.45, 2.75) is 55.9 Å². The van der Waals surface area contributed by atoms with Crippen molar-refractivity contribution in [2.75, 3.05) is 53.1 Å². The number of hydrogen-bond donors (Lipinski definition) is 2. The highest BCUT2D eigenvalue weighted by Crippen LogP contribution is 2.40. The van der Waals surface area contributed by atoms with Crippen molar-refractivity contribution >= 4 is 22.0 Å². The maximum absolute atomic E-state index is 13.5. The maximum Gasteiger partial charge on any atom is 0.327 e. The van der Waals surface area contributed by atoms with Gasteiger partial charge in [0, 0.05) is 51.8 Å². The van der Waals surface area contributed by atoms with Crippen molar-refractivity contribution < 1.29 is 27.1 Å². The molecule has 0 spiro atoms. The second-order valence-corrected chi connectivity index (χ2v) is 11.9. The molecule has 3 amide bonds. The fourth-order valence-electron chi connectivity index (χ4n) is 5.35. The monoisotopic (exact) mass is 489 g/mol. The van der Waals surface area contributed by atoms with E-state index in [-0.39, 0.29) is 30.3 Å². The Labute approximate surface area is 195 Å². The van der Waals surface area contributed by atoms with Crippen molar-refractivity contribution in [3.63, 3.8) is 0 Å². The van der Waals surface area contributed by atoms with Gasteiger partial charge in [0.15, 0.2) is 0 Å². The molecule has 2 saturated heterocycles. The lowest BCUT2D eigenvalue weighted by Gasteiger charge is -2.48. The molecule has 0 aromatic carbocycles. The topological polar surface area (TPSA) is 111 Å². The average molecular weight is 490 g/mol. The maximum atomic E-state index is 13.5. The molecule has 10 nitrogen and oxygen atoms in total. The van der Waals surface area contributed by atoms with Gasteiger partial charge in [0.1, 0.15) is 6.67 Å². The average Bonchev–Trinajstić information content (AvgIpc) is 3.43. The molecule has 0 radical (unpaired) electrons. The third-order valence-corrected chi connectivity index (χ3v) is 9.46. The lowest BCUT2D eigenvalue weighted by molar-refractivity contribution is -0.141. The van der Waals surface area contributed by atoms with Crippen LogP contribution in [-0.2, 0) is 19.6 Å². The molecule has 188 valence electrons. The highest BCUT2D eigenvalue weighted by atomic mass is 32.2. The predicted octanol–water partition coefficient (Wildman–Crippen LogP) is 0.312. The number of rotatable bonds is 10. The van der Waals surface area contributed by atoms with E-state index >= 15 is 0 Å². The van der Waals surface area contributed by atoms with Crippen LogP contribution in [0.4, 0.5) is 9.18 Å². The molecule has 12 heteroatoms.